The number of fused-ring (bicyclic) bond motifs is 3. The lowest BCUT2D eigenvalue weighted by molar-refractivity contribution is -0.138. The lowest BCUT2D eigenvalue weighted by atomic mass is 9.82. The fraction of sp³-hybridized carbons (Fsp3) is 0.163. The van der Waals surface area contributed by atoms with Crippen molar-refractivity contribution < 1.29 is 26.3 Å². The summed E-state index contributed by atoms with van der Waals surface area (Å²) in [6.45, 7) is 8.22. The SMILES string of the molecule is Cc1ccc(N(c2ccc(C(F)(F)F)cc2)c2ccc3c(c2)C(C)(C)c2cc(N(c4ccc(C)cc4)c4ccc(C(F)(F)F)cc4)ccc2-3)cc1. The minimum atomic E-state index is -4.45. The van der Waals surface area contributed by atoms with Crippen molar-refractivity contribution in [3.63, 3.8) is 0 Å². The highest BCUT2D eigenvalue weighted by Crippen LogP contribution is 2.52. The summed E-state index contributed by atoms with van der Waals surface area (Å²) in [4.78, 5) is 3.90. The van der Waals surface area contributed by atoms with E-state index >= 15 is 0 Å². The average Bonchev–Trinajstić information content (AvgIpc) is 3.32. The summed E-state index contributed by atoms with van der Waals surface area (Å²) in [6.07, 6.45) is -8.89. The molecule has 0 spiro atoms. The second-order valence-electron chi connectivity index (χ2n) is 13.5. The van der Waals surface area contributed by atoms with Gasteiger partial charge in [-0.15, -0.1) is 0 Å². The quantitative estimate of drug-likeness (QED) is 0.160. The van der Waals surface area contributed by atoms with Crippen LogP contribution in [0.3, 0.4) is 0 Å². The van der Waals surface area contributed by atoms with Crippen LogP contribution in [0, 0.1) is 13.8 Å². The maximum Gasteiger partial charge on any atom is 0.416 e. The molecule has 258 valence electrons. The van der Waals surface area contributed by atoms with Crippen molar-refractivity contribution in [2.24, 2.45) is 0 Å². The highest BCUT2D eigenvalue weighted by molar-refractivity contribution is 5.88. The highest BCUT2D eigenvalue weighted by atomic mass is 19.4. The topological polar surface area (TPSA) is 6.48 Å². The number of anilines is 6. The fourth-order valence-electron chi connectivity index (χ4n) is 6.87. The number of hydrogen-bond acceptors (Lipinski definition) is 2. The summed E-state index contributed by atoms with van der Waals surface area (Å²) in [5.41, 5.74) is 8.76. The summed E-state index contributed by atoms with van der Waals surface area (Å²) in [5, 5.41) is 0. The van der Waals surface area contributed by atoms with E-state index in [-0.39, 0.29) is 0 Å². The maximum atomic E-state index is 13.5. The molecule has 0 heterocycles. The van der Waals surface area contributed by atoms with Crippen LogP contribution in [0.5, 0.6) is 0 Å². The average molecular weight is 693 g/mol. The largest absolute Gasteiger partial charge is 0.416 e. The van der Waals surface area contributed by atoms with E-state index < -0.39 is 28.9 Å². The molecule has 0 saturated carbocycles. The first-order valence-corrected chi connectivity index (χ1v) is 16.5. The van der Waals surface area contributed by atoms with Crippen molar-refractivity contribution in [3.8, 4) is 11.1 Å². The van der Waals surface area contributed by atoms with Gasteiger partial charge < -0.3 is 9.80 Å². The van der Waals surface area contributed by atoms with Crippen LogP contribution in [-0.2, 0) is 17.8 Å². The molecule has 0 amide bonds. The summed E-state index contributed by atoms with van der Waals surface area (Å²) in [6, 6.07) is 38.3. The van der Waals surface area contributed by atoms with Gasteiger partial charge in [0.15, 0.2) is 0 Å². The van der Waals surface area contributed by atoms with Crippen molar-refractivity contribution in [3.05, 3.63) is 167 Å². The van der Waals surface area contributed by atoms with E-state index in [1.165, 1.54) is 24.3 Å². The van der Waals surface area contributed by atoms with Gasteiger partial charge in [-0.25, -0.2) is 0 Å². The third-order valence-electron chi connectivity index (χ3n) is 9.65. The molecule has 0 unspecified atom stereocenters. The van der Waals surface area contributed by atoms with Crippen LogP contribution in [0.25, 0.3) is 11.1 Å². The monoisotopic (exact) mass is 692 g/mol. The van der Waals surface area contributed by atoms with Crippen LogP contribution >= 0.6 is 0 Å². The molecule has 2 nitrogen and oxygen atoms in total. The first-order chi connectivity index (χ1) is 24.1. The number of alkyl halides is 6. The predicted molar refractivity (Wildman–Crippen MR) is 193 cm³/mol. The van der Waals surface area contributed by atoms with Crippen molar-refractivity contribution in [2.75, 3.05) is 9.80 Å². The molecule has 0 bridgehead atoms. The van der Waals surface area contributed by atoms with Crippen molar-refractivity contribution in [2.45, 2.75) is 45.5 Å². The Hall–Kier alpha value is -5.50. The Morgan fingerprint density at radius 1 is 0.392 bits per heavy atom. The van der Waals surface area contributed by atoms with E-state index in [0.29, 0.717) is 11.4 Å². The van der Waals surface area contributed by atoms with Crippen molar-refractivity contribution in [1.82, 2.24) is 0 Å². The molecular weight excluding hydrogens is 658 g/mol. The molecule has 0 aliphatic heterocycles. The second-order valence-corrected chi connectivity index (χ2v) is 13.5. The lowest BCUT2D eigenvalue weighted by Crippen LogP contribution is -2.18. The van der Waals surface area contributed by atoms with E-state index in [0.717, 1.165) is 80.4 Å². The maximum absolute atomic E-state index is 13.5. The van der Waals surface area contributed by atoms with Gasteiger partial charge in [0.25, 0.3) is 0 Å². The zero-order valence-electron chi connectivity index (χ0n) is 28.4. The molecule has 6 aromatic rings. The number of rotatable bonds is 6. The normalized spacial score (nSPS) is 13.5. The summed E-state index contributed by atoms with van der Waals surface area (Å²) in [7, 11) is 0. The van der Waals surface area contributed by atoms with E-state index in [1.54, 1.807) is 0 Å². The molecule has 0 N–H and O–H groups in total. The zero-order chi connectivity index (χ0) is 36.3. The number of benzene rings is 6. The molecule has 8 heteroatoms. The molecule has 51 heavy (non-hydrogen) atoms. The standard InChI is InChI=1S/C43H34F6N2/c1-27-5-13-31(14-6-27)50(33-17-9-29(10-18-33)42(44,45)46)35-21-23-37-38-24-22-36(26-40(38)41(3,4)39(37)25-35)51(32-15-7-28(2)8-16-32)34-19-11-30(12-20-34)43(47,48)49/h5-26H,1-4H3. The Balaban J connectivity index is 1.31. The molecule has 0 saturated heterocycles. The van der Waals surface area contributed by atoms with Gasteiger partial charge >= 0.3 is 12.4 Å². The van der Waals surface area contributed by atoms with Gasteiger partial charge in [-0.3, -0.25) is 0 Å². The van der Waals surface area contributed by atoms with E-state index in [1.807, 2.05) is 84.3 Å². The Morgan fingerprint density at radius 3 is 0.961 bits per heavy atom. The molecule has 0 radical (unpaired) electrons. The van der Waals surface area contributed by atoms with E-state index in [4.69, 9.17) is 0 Å². The van der Waals surface area contributed by atoms with Gasteiger partial charge in [0.05, 0.1) is 11.1 Å². The molecule has 0 fully saturated rings. The highest BCUT2D eigenvalue weighted by Gasteiger charge is 2.37. The Bertz CT molecular complexity index is 2040. The van der Waals surface area contributed by atoms with E-state index in [2.05, 4.69) is 38.1 Å². The van der Waals surface area contributed by atoms with Gasteiger partial charge in [0.1, 0.15) is 0 Å². The van der Waals surface area contributed by atoms with Gasteiger partial charge in [0, 0.05) is 39.5 Å². The van der Waals surface area contributed by atoms with Gasteiger partial charge in [-0.1, -0.05) is 61.4 Å². The minimum absolute atomic E-state index is 0.491. The third-order valence-corrected chi connectivity index (χ3v) is 9.65. The molecule has 1 aliphatic carbocycles. The minimum Gasteiger partial charge on any atom is -0.310 e. The van der Waals surface area contributed by atoms with E-state index in [9.17, 15) is 26.3 Å². The van der Waals surface area contributed by atoms with Crippen LogP contribution in [0.2, 0.25) is 0 Å². The van der Waals surface area contributed by atoms with Crippen LogP contribution in [0.15, 0.2) is 133 Å². The van der Waals surface area contributed by atoms with Crippen LogP contribution < -0.4 is 9.80 Å². The lowest BCUT2D eigenvalue weighted by Gasteiger charge is -2.29. The summed E-state index contributed by atoms with van der Waals surface area (Å²) >= 11 is 0. The Morgan fingerprint density at radius 2 is 0.667 bits per heavy atom. The smallest absolute Gasteiger partial charge is 0.310 e. The molecule has 6 aromatic carbocycles. The molecule has 1 aliphatic rings. The number of hydrogen-bond donors (Lipinski definition) is 0. The molecule has 7 rings (SSSR count). The fourth-order valence-corrected chi connectivity index (χ4v) is 6.87. The predicted octanol–water partition coefficient (Wildman–Crippen LogP) is 13.6. The first-order valence-electron chi connectivity index (χ1n) is 16.5. The van der Waals surface area contributed by atoms with Crippen molar-refractivity contribution >= 4 is 34.1 Å². The van der Waals surface area contributed by atoms with Crippen LogP contribution in [0.1, 0.15) is 47.2 Å². The van der Waals surface area contributed by atoms with Crippen molar-refractivity contribution in [1.29, 1.82) is 0 Å². The van der Waals surface area contributed by atoms with Crippen LogP contribution in [0.4, 0.5) is 60.5 Å². The first kappa shape index (κ1) is 34.0. The molecular formula is C43H34F6N2. The summed E-state index contributed by atoms with van der Waals surface area (Å²) in [5.74, 6) is 0. The second kappa shape index (κ2) is 12.4. The number of nitrogens with zero attached hydrogens (tertiary/aromatic N) is 2. The number of aryl methyl sites for hydroxylation is 2. The third kappa shape index (κ3) is 6.35. The zero-order valence-corrected chi connectivity index (χ0v) is 28.4. The molecule has 0 aromatic heterocycles. The van der Waals surface area contributed by atoms with Crippen LogP contribution in [-0.4, -0.2) is 0 Å². The van der Waals surface area contributed by atoms with Gasteiger partial charge in [-0.2, -0.15) is 26.3 Å². The Labute approximate surface area is 293 Å². The van der Waals surface area contributed by atoms with Gasteiger partial charge in [-0.05, 0) is 133 Å². The summed E-state index contributed by atoms with van der Waals surface area (Å²) < 4.78 is 80.8. The Kier molecular flexibility index (Phi) is 8.24. The number of halogens is 6. The van der Waals surface area contributed by atoms with Gasteiger partial charge in [0.2, 0.25) is 0 Å². The molecule has 0 atom stereocenters.